The lowest BCUT2D eigenvalue weighted by Crippen LogP contribution is -2.04. The zero-order valence-electron chi connectivity index (χ0n) is 9.86. The Kier molecular flexibility index (Phi) is 6.43. The minimum Gasteiger partial charge on any atom is -0.270 e. The standard InChI is InChI=1S/C12H17IO3S/c1-17(14,15)16-10-4-2-3-5-11-6-8-12(13)9-7-11/h6-9H,2-5,10H2,1H3. The molecule has 3 nitrogen and oxygen atoms in total. The Labute approximate surface area is 117 Å². The molecule has 0 atom stereocenters. The number of hydrogen-bond acceptors (Lipinski definition) is 3. The molecule has 1 aromatic carbocycles. The number of aryl methyl sites for hydroxylation is 1. The first kappa shape index (κ1) is 14.9. The summed E-state index contributed by atoms with van der Waals surface area (Å²) in [6.45, 7) is 0.297. The molecule has 0 unspecified atom stereocenters. The van der Waals surface area contributed by atoms with Gasteiger partial charge in [-0.1, -0.05) is 18.6 Å². The van der Waals surface area contributed by atoms with Crippen molar-refractivity contribution in [3.8, 4) is 0 Å². The maximum absolute atomic E-state index is 10.7. The maximum Gasteiger partial charge on any atom is 0.264 e. The van der Waals surface area contributed by atoms with Crippen molar-refractivity contribution in [1.29, 1.82) is 0 Å². The summed E-state index contributed by atoms with van der Waals surface area (Å²) >= 11 is 2.29. The van der Waals surface area contributed by atoms with Crippen molar-refractivity contribution in [1.82, 2.24) is 0 Å². The largest absolute Gasteiger partial charge is 0.270 e. The van der Waals surface area contributed by atoms with Crippen LogP contribution in [-0.4, -0.2) is 21.3 Å². The summed E-state index contributed by atoms with van der Waals surface area (Å²) < 4.78 is 27.3. The van der Waals surface area contributed by atoms with Crippen LogP contribution in [-0.2, 0) is 20.7 Å². The van der Waals surface area contributed by atoms with Crippen LogP contribution >= 0.6 is 22.6 Å². The van der Waals surface area contributed by atoms with E-state index < -0.39 is 10.1 Å². The van der Waals surface area contributed by atoms with E-state index >= 15 is 0 Å². The van der Waals surface area contributed by atoms with Gasteiger partial charge in [0, 0.05) is 3.57 Å². The van der Waals surface area contributed by atoms with Gasteiger partial charge in [0.1, 0.15) is 0 Å². The third kappa shape index (κ3) is 7.72. The summed E-state index contributed by atoms with van der Waals surface area (Å²) in [5.74, 6) is 0. The first-order chi connectivity index (χ1) is 7.97. The zero-order valence-corrected chi connectivity index (χ0v) is 12.8. The molecule has 0 aromatic heterocycles. The Morgan fingerprint density at radius 1 is 1.12 bits per heavy atom. The van der Waals surface area contributed by atoms with E-state index in [1.807, 2.05) is 0 Å². The molecule has 1 aromatic rings. The quantitative estimate of drug-likeness (QED) is 0.422. The van der Waals surface area contributed by atoms with Crippen molar-refractivity contribution in [3.63, 3.8) is 0 Å². The second-order valence-corrected chi connectivity index (χ2v) is 6.85. The minimum absolute atomic E-state index is 0.297. The van der Waals surface area contributed by atoms with Gasteiger partial charge in [0.25, 0.3) is 10.1 Å². The monoisotopic (exact) mass is 368 g/mol. The average Bonchev–Trinajstić information content (AvgIpc) is 2.24. The predicted molar refractivity (Wildman–Crippen MR) is 77.5 cm³/mol. The summed E-state index contributed by atoms with van der Waals surface area (Å²) in [7, 11) is -3.27. The highest BCUT2D eigenvalue weighted by molar-refractivity contribution is 14.1. The second kappa shape index (κ2) is 7.33. The number of benzene rings is 1. The summed E-state index contributed by atoms with van der Waals surface area (Å²) in [4.78, 5) is 0. The third-order valence-corrected chi connectivity index (χ3v) is 3.63. The highest BCUT2D eigenvalue weighted by Crippen LogP contribution is 2.10. The highest BCUT2D eigenvalue weighted by atomic mass is 127. The predicted octanol–water partition coefficient (Wildman–Crippen LogP) is 2.98. The van der Waals surface area contributed by atoms with E-state index in [9.17, 15) is 8.42 Å². The van der Waals surface area contributed by atoms with Crippen LogP contribution in [0.25, 0.3) is 0 Å². The Balaban J connectivity index is 2.10. The van der Waals surface area contributed by atoms with Crippen LogP contribution in [0.2, 0.25) is 0 Å². The molecule has 0 aliphatic carbocycles. The second-order valence-electron chi connectivity index (χ2n) is 3.96. The molecule has 0 saturated carbocycles. The molecule has 0 heterocycles. The van der Waals surface area contributed by atoms with Gasteiger partial charge >= 0.3 is 0 Å². The highest BCUT2D eigenvalue weighted by Gasteiger charge is 2.00. The average molecular weight is 368 g/mol. The van der Waals surface area contributed by atoms with Gasteiger partial charge in [-0.05, 0) is 59.5 Å². The topological polar surface area (TPSA) is 43.4 Å². The van der Waals surface area contributed by atoms with Crippen LogP contribution in [0, 0.1) is 3.57 Å². The summed E-state index contributed by atoms with van der Waals surface area (Å²) in [6, 6.07) is 8.47. The Hall–Kier alpha value is -0.140. The van der Waals surface area contributed by atoms with E-state index in [0.29, 0.717) is 6.61 Å². The molecule has 96 valence electrons. The Morgan fingerprint density at radius 2 is 1.76 bits per heavy atom. The van der Waals surface area contributed by atoms with Gasteiger partial charge in [-0.3, -0.25) is 4.18 Å². The van der Waals surface area contributed by atoms with Gasteiger partial charge in [-0.2, -0.15) is 8.42 Å². The van der Waals surface area contributed by atoms with Crippen molar-refractivity contribution in [3.05, 3.63) is 33.4 Å². The van der Waals surface area contributed by atoms with Crippen LogP contribution in [0.4, 0.5) is 0 Å². The molecule has 0 N–H and O–H groups in total. The van der Waals surface area contributed by atoms with Crippen molar-refractivity contribution in [2.45, 2.75) is 25.7 Å². The van der Waals surface area contributed by atoms with E-state index in [1.54, 1.807) is 0 Å². The SMILES string of the molecule is CS(=O)(=O)OCCCCCc1ccc(I)cc1. The first-order valence-corrected chi connectivity index (χ1v) is 8.46. The van der Waals surface area contributed by atoms with Crippen molar-refractivity contribution < 1.29 is 12.6 Å². The van der Waals surface area contributed by atoms with E-state index in [1.165, 1.54) is 9.13 Å². The fourth-order valence-corrected chi connectivity index (χ4v) is 2.25. The number of hydrogen-bond donors (Lipinski definition) is 0. The minimum atomic E-state index is -3.27. The Bertz CT molecular complexity index is 426. The Morgan fingerprint density at radius 3 is 2.35 bits per heavy atom. The van der Waals surface area contributed by atoms with Crippen LogP contribution in [0.5, 0.6) is 0 Å². The lowest BCUT2D eigenvalue weighted by Gasteiger charge is -2.02. The molecule has 0 bridgehead atoms. The van der Waals surface area contributed by atoms with Crippen LogP contribution < -0.4 is 0 Å². The normalized spacial score (nSPS) is 11.6. The van der Waals surface area contributed by atoms with Gasteiger partial charge in [0.2, 0.25) is 0 Å². The molecule has 0 amide bonds. The zero-order chi connectivity index (χ0) is 12.7. The number of rotatable bonds is 7. The molecule has 17 heavy (non-hydrogen) atoms. The van der Waals surface area contributed by atoms with Crippen LogP contribution in [0.3, 0.4) is 0 Å². The van der Waals surface area contributed by atoms with Gasteiger partial charge < -0.3 is 0 Å². The smallest absolute Gasteiger partial charge is 0.264 e. The van der Waals surface area contributed by atoms with Crippen molar-refractivity contribution in [2.75, 3.05) is 12.9 Å². The summed E-state index contributed by atoms with van der Waals surface area (Å²) in [6.07, 6.45) is 4.96. The molecule has 5 heteroatoms. The lowest BCUT2D eigenvalue weighted by molar-refractivity contribution is 0.310. The maximum atomic E-state index is 10.7. The van der Waals surface area contributed by atoms with Gasteiger partial charge in [-0.15, -0.1) is 0 Å². The lowest BCUT2D eigenvalue weighted by atomic mass is 10.1. The van der Waals surface area contributed by atoms with E-state index in [-0.39, 0.29) is 0 Å². The molecular formula is C12H17IO3S. The molecule has 1 rings (SSSR count). The van der Waals surface area contributed by atoms with Gasteiger partial charge in [0.05, 0.1) is 12.9 Å². The van der Waals surface area contributed by atoms with E-state index in [4.69, 9.17) is 0 Å². The number of unbranched alkanes of at least 4 members (excludes halogenated alkanes) is 2. The van der Waals surface area contributed by atoms with Crippen molar-refractivity contribution >= 4 is 32.7 Å². The number of halogens is 1. The molecule has 0 fully saturated rings. The molecular weight excluding hydrogens is 351 g/mol. The van der Waals surface area contributed by atoms with E-state index in [0.717, 1.165) is 31.9 Å². The first-order valence-electron chi connectivity index (χ1n) is 5.56. The van der Waals surface area contributed by atoms with E-state index in [2.05, 4.69) is 51.0 Å². The molecule has 0 radical (unpaired) electrons. The van der Waals surface area contributed by atoms with Crippen LogP contribution in [0.1, 0.15) is 24.8 Å². The van der Waals surface area contributed by atoms with Crippen molar-refractivity contribution in [2.24, 2.45) is 0 Å². The molecule has 0 aliphatic heterocycles. The molecule has 0 spiro atoms. The summed E-state index contributed by atoms with van der Waals surface area (Å²) in [5, 5.41) is 0. The molecule has 0 saturated heterocycles. The van der Waals surface area contributed by atoms with Crippen LogP contribution in [0.15, 0.2) is 24.3 Å². The summed E-state index contributed by atoms with van der Waals surface area (Å²) in [5.41, 5.74) is 1.33. The van der Waals surface area contributed by atoms with Gasteiger partial charge in [0.15, 0.2) is 0 Å². The fourth-order valence-electron chi connectivity index (χ4n) is 1.47. The fraction of sp³-hybridized carbons (Fsp3) is 0.500. The third-order valence-electron chi connectivity index (χ3n) is 2.32. The molecule has 0 aliphatic rings. The van der Waals surface area contributed by atoms with Gasteiger partial charge in [-0.25, -0.2) is 0 Å².